The number of carbonyl (C=O) groups excluding carboxylic acids is 2. The summed E-state index contributed by atoms with van der Waals surface area (Å²) in [6.07, 6.45) is -0.260. The molecule has 8 heteroatoms. The van der Waals surface area contributed by atoms with E-state index in [1.807, 2.05) is 64.9 Å². The minimum absolute atomic E-state index is 0.0442. The molecule has 1 N–H and O–H groups in total. The fourth-order valence-electron chi connectivity index (χ4n) is 6.13. The Bertz CT molecular complexity index is 1710. The second-order valence-corrected chi connectivity index (χ2v) is 12.4. The minimum Gasteiger partial charge on any atom is -0.351 e. The van der Waals surface area contributed by atoms with E-state index in [2.05, 4.69) is 29.6 Å². The molecule has 1 aliphatic rings. The van der Waals surface area contributed by atoms with Crippen LogP contribution in [0.4, 0.5) is 8.78 Å². The molecule has 46 heavy (non-hydrogen) atoms. The van der Waals surface area contributed by atoms with Gasteiger partial charge in [0, 0.05) is 48.0 Å². The Morgan fingerprint density at radius 1 is 0.804 bits per heavy atom. The van der Waals surface area contributed by atoms with Crippen molar-refractivity contribution in [1.82, 2.24) is 15.2 Å². The normalized spacial score (nSPS) is 13.7. The van der Waals surface area contributed by atoms with Crippen molar-refractivity contribution in [3.63, 3.8) is 0 Å². The Kier molecular flexibility index (Phi) is 9.94. The number of hydrogen-bond donors (Lipinski definition) is 1. The Labute approximate surface area is 271 Å². The van der Waals surface area contributed by atoms with Gasteiger partial charge in [-0.2, -0.15) is 0 Å². The van der Waals surface area contributed by atoms with Crippen LogP contribution in [0, 0.1) is 0 Å². The van der Waals surface area contributed by atoms with Gasteiger partial charge in [-0.25, -0.2) is 13.8 Å². The van der Waals surface area contributed by atoms with Crippen molar-refractivity contribution in [2.75, 3.05) is 19.6 Å². The average molecular weight is 636 g/mol. The van der Waals surface area contributed by atoms with Crippen LogP contribution < -0.4 is 5.32 Å². The van der Waals surface area contributed by atoms with Gasteiger partial charge in [0.15, 0.2) is 0 Å². The largest absolute Gasteiger partial charge is 0.351 e. The number of carbonyl (C=O) groups is 2. The lowest BCUT2D eigenvalue weighted by Gasteiger charge is -2.31. The second kappa shape index (κ2) is 14.6. The molecule has 0 aliphatic carbocycles. The molecule has 0 atom stereocenters. The number of nitrogens with one attached hydrogen (secondary N) is 1. The van der Waals surface area contributed by atoms with Gasteiger partial charge in [0.25, 0.3) is 18.2 Å². The lowest BCUT2D eigenvalue weighted by Crippen LogP contribution is -2.38. The van der Waals surface area contributed by atoms with Crippen LogP contribution in [0.5, 0.6) is 0 Å². The zero-order chi connectivity index (χ0) is 31.9. The van der Waals surface area contributed by atoms with Crippen LogP contribution in [-0.2, 0) is 0 Å². The zero-order valence-electron chi connectivity index (χ0n) is 25.3. The van der Waals surface area contributed by atoms with Crippen LogP contribution in [0.1, 0.15) is 80.1 Å². The summed E-state index contributed by atoms with van der Waals surface area (Å²) in [5.74, 6) is 0.108. The number of aromatic nitrogens is 1. The topological polar surface area (TPSA) is 62.3 Å². The van der Waals surface area contributed by atoms with Gasteiger partial charge in [-0.3, -0.25) is 9.59 Å². The lowest BCUT2D eigenvalue weighted by molar-refractivity contribution is 0.0713. The first kappa shape index (κ1) is 31.3. The predicted molar refractivity (Wildman–Crippen MR) is 179 cm³/mol. The monoisotopic (exact) mass is 635 g/mol. The quantitative estimate of drug-likeness (QED) is 0.167. The number of nitrogens with zero attached hydrogens (tertiary/aromatic N) is 2. The number of amides is 2. The summed E-state index contributed by atoms with van der Waals surface area (Å²) in [7, 11) is 0. The van der Waals surface area contributed by atoms with E-state index in [-0.39, 0.29) is 29.2 Å². The summed E-state index contributed by atoms with van der Waals surface area (Å²) in [4.78, 5) is 33.2. The van der Waals surface area contributed by atoms with Gasteiger partial charge in [0.1, 0.15) is 5.69 Å². The molecule has 2 heterocycles. The molecule has 1 fully saturated rings. The van der Waals surface area contributed by atoms with Crippen molar-refractivity contribution in [2.24, 2.45) is 0 Å². The van der Waals surface area contributed by atoms with Crippen molar-refractivity contribution in [2.45, 2.75) is 37.5 Å². The number of halogens is 2. The van der Waals surface area contributed by atoms with Crippen LogP contribution in [0.25, 0.3) is 11.1 Å². The van der Waals surface area contributed by atoms with E-state index < -0.39 is 6.43 Å². The molecule has 0 bridgehead atoms. The van der Waals surface area contributed by atoms with Crippen LogP contribution in [0.3, 0.4) is 0 Å². The first-order valence-corrected chi connectivity index (χ1v) is 16.5. The fourth-order valence-corrected chi connectivity index (χ4v) is 7.10. The van der Waals surface area contributed by atoms with Gasteiger partial charge in [-0.1, -0.05) is 103 Å². The van der Waals surface area contributed by atoms with Crippen molar-refractivity contribution in [3.8, 4) is 11.1 Å². The number of piperidine rings is 1. The smallest absolute Gasteiger partial charge is 0.270 e. The zero-order valence-corrected chi connectivity index (χ0v) is 26.1. The van der Waals surface area contributed by atoms with Gasteiger partial charge in [-0.15, -0.1) is 11.3 Å². The Morgan fingerprint density at radius 2 is 1.41 bits per heavy atom. The third-order valence-electron chi connectivity index (χ3n) is 8.64. The summed E-state index contributed by atoms with van der Waals surface area (Å²) < 4.78 is 26.1. The molecule has 0 unspecified atom stereocenters. The first-order valence-electron chi connectivity index (χ1n) is 15.6. The van der Waals surface area contributed by atoms with E-state index in [0.717, 1.165) is 35.4 Å². The summed E-state index contributed by atoms with van der Waals surface area (Å²) in [6.45, 7) is 1.67. The number of likely N-dealkylation sites (tertiary alicyclic amines) is 1. The first-order chi connectivity index (χ1) is 22.5. The van der Waals surface area contributed by atoms with Crippen LogP contribution >= 0.6 is 11.3 Å². The summed E-state index contributed by atoms with van der Waals surface area (Å²) in [5.41, 5.74) is 4.84. The summed E-state index contributed by atoms with van der Waals surface area (Å²) in [5, 5.41) is 5.81. The molecule has 0 saturated carbocycles. The molecule has 1 aliphatic heterocycles. The SMILES string of the molecule is O=C(NCCC(c1ccccc1)c1ccccc1)c1csc(C2CCN(C(=O)c3ccccc3-c3ccc(C(F)F)cc3)CC2)n1. The third kappa shape index (κ3) is 7.23. The highest BCUT2D eigenvalue weighted by Crippen LogP contribution is 2.33. The molecule has 4 aromatic carbocycles. The van der Waals surface area contributed by atoms with Gasteiger partial charge in [0.05, 0.1) is 5.01 Å². The molecule has 5 aromatic rings. The predicted octanol–water partition coefficient (Wildman–Crippen LogP) is 8.72. The van der Waals surface area contributed by atoms with Crippen LogP contribution in [0.2, 0.25) is 0 Å². The highest BCUT2D eigenvalue weighted by Gasteiger charge is 2.28. The molecule has 1 saturated heterocycles. The van der Waals surface area contributed by atoms with E-state index in [1.54, 1.807) is 18.2 Å². The third-order valence-corrected chi connectivity index (χ3v) is 9.65. The standard InChI is InChI=1S/C38H35F2N3O2S/c39-35(40)29-17-15-28(16-18-29)32-13-7-8-14-33(32)38(45)43-23-20-30(21-24-43)37-42-34(25-46-37)36(44)41-22-19-31(26-9-3-1-4-10-26)27-11-5-2-6-12-27/h1-18,25,30-31,35H,19-24H2,(H,41,44). The van der Waals surface area contributed by atoms with E-state index in [1.165, 1.54) is 34.6 Å². The fraction of sp³-hybridized carbons (Fsp3) is 0.237. The highest BCUT2D eigenvalue weighted by atomic mass is 32.1. The molecule has 5 nitrogen and oxygen atoms in total. The second-order valence-electron chi connectivity index (χ2n) is 11.5. The van der Waals surface area contributed by atoms with Crippen molar-refractivity contribution < 1.29 is 18.4 Å². The maximum Gasteiger partial charge on any atom is 0.270 e. The average Bonchev–Trinajstić information content (AvgIpc) is 3.61. The molecule has 0 spiro atoms. The number of alkyl halides is 2. The maximum atomic E-state index is 13.6. The van der Waals surface area contributed by atoms with E-state index >= 15 is 0 Å². The molecular formula is C38H35F2N3O2S. The van der Waals surface area contributed by atoms with Crippen molar-refractivity contribution >= 4 is 23.2 Å². The van der Waals surface area contributed by atoms with Gasteiger partial charge in [-0.05, 0) is 47.6 Å². The molecular weight excluding hydrogens is 601 g/mol. The van der Waals surface area contributed by atoms with Crippen LogP contribution in [-0.4, -0.2) is 41.3 Å². The maximum absolute atomic E-state index is 13.6. The Hall–Kier alpha value is -4.69. The van der Waals surface area contributed by atoms with Crippen LogP contribution in [0.15, 0.2) is 115 Å². The molecule has 234 valence electrons. The van der Waals surface area contributed by atoms with Gasteiger partial charge in [0.2, 0.25) is 0 Å². The van der Waals surface area contributed by atoms with Gasteiger partial charge >= 0.3 is 0 Å². The number of benzene rings is 4. The minimum atomic E-state index is -2.53. The molecule has 0 radical (unpaired) electrons. The number of thiazole rings is 1. The van der Waals surface area contributed by atoms with Crippen molar-refractivity contribution in [1.29, 1.82) is 0 Å². The molecule has 2 amide bonds. The number of hydrogen-bond acceptors (Lipinski definition) is 4. The lowest BCUT2D eigenvalue weighted by atomic mass is 9.88. The van der Waals surface area contributed by atoms with Gasteiger partial charge < -0.3 is 10.2 Å². The molecule has 1 aromatic heterocycles. The highest BCUT2D eigenvalue weighted by molar-refractivity contribution is 7.09. The van der Waals surface area contributed by atoms with Crippen molar-refractivity contribution in [3.05, 3.63) is 148 Å². The number of rotatable bonds is 10. The van der Waals surface area contributed by atoms with E-state index in [9.17, 15) is 18.4 Å². The van der Waals surface area contributed by atoms with E-state index in [4.69, 9.17) is 4.98 Å². The molecule has 6 rings (SSSR count). The summed E-state index contributed by atoms with van der Waals surface area (Å²) in [6, 6.07) is 34.1. The van der Waals surface area contributed by atoms with E-state index in [0.29, 0.717) is 30.9 Å². The Morgan fingerprint density at radius 3 is 2.04 bits per heavy atom. The summed E-state index contributed by atoms with van der Waals surface area (Å²) >= 11 is 1.50. The Balaban J connectivity index is 1.04.